The quantitative estimate of drug-likeness (QED) is 0.604. The van der Waals surface area contributed by atoms with E-state index in [0.29, 0.717) is 11.7 Å². The van der Waals surface area contributed by atoms with Gasteiger partial charge in [0.15, 0.2) is 5.78 Å². The Hall–Kier alpha value is -1.36. The van der Waals surface area contributed by atoms with Crippen LogP contribution < -0.4 is 4.74 Å². The second-order valence-corrected chi connectivity index (χ2v) is 5.81. The Morgan fingerprint density at radius 2 is 1.74 bits per heavy atom. The molecule has 0 aliphatic heterocycles. The van der Waals surface area contributed by atoms with E-state index in [1.807, 2.05) is 48.5 Å². The minimum atomic E-state index is 0.0583. The molecule has 0 aromatic heterocycles. The fourth-order valence-electron chi connectivity index (χ4n) is 1.86. The molecular formula is C16H13IO2. The number of carbonyl (C=O) groups is 1. The number of hydrogen-bond donors (Lipinski definition) is 0. The Balaban J connectivity index is 1.81. The number of rotatable bonds is 4. The van der Waals surface area contributed by atoms with Gasteiger partial charge in [-0.1, -0.05) is 12.1 Å². The van der Waals surface area contributed by atoms with Gasteiger partial charge < -0.3 is 4.74 Å². The summed E-state index contributed by atoms with van der Waals surface area (Å²) in [5, 5.41) is 0. The Labute approximate surface area is 125 Å². The molecule has 2 aromatic carbocycles. The van der Waals surface area contributed by atoms with Crippen LogP contribution in [0.25, 0.3) is 0 Å². The number of carbonyl (C=O) groups excluding carboxylic acids is 1. The van der Waals surface area contributed by atoms with Gasteiger partial charge in [0, 0.05) is 14.7 Å². The molecule has 0 N–H and O–H groups in total. The first-order chi connectivity index (χ1) is 9.24. The van der Waals surface area contributed by atoms with E-state index in [0.717, 1.165) is 27.7 Å². The minimum Gasteiger partial charge on any atom is -0.490 e. The highest BCUT2D eigenvalue weighted by atomic mass is 127. The molecule has 1 aliphatic carbocycles. The van der Waals surface area contributed by atoms with E-state index < -0.39 is 0 Å². The van der Waals surface area contributed by atoms with Crippen LogP contribution >= 0.6 is 22.6 Å². The van der Waals surface area contributed by atoms with Crippen LogP contribution in [0.1, 0.15) is 28.8 Å². The standard InChI is InChI=1S/C16H13IO2/c17-15-4-2-1-3-14(15)16(18)11-5-7-12(8-6-11)19-13-9-10-13/h1-8,13H,9-10H2. The van der Waals surface area contributed by atoms with E-state index in [1.54, 1.807) is 0 Å². The molecule has 1 fully saturated rings. The monoisotopic (exact) mass is 364 g/mol. The molecule has 2 aromatic rings. The van der Waals surface area contributed by atoms with Crippen molar-refractivity contribution in [1.82, 2.24) is 0 Å². The Kier molecular flexibility index (Phi) is 3.55. The highest BCUT2D eigenvalue weighted by Gasteiger charge is 2.23. The summed E-state index contributed by atoms with van der Waals surface area (Å²) in [5.41, 5.74) is 1.45. The summed E-state index contributed by atoms with van der Waals surface area (Å²) >= 11 is 2.19. The van der Waals surface area contributed by atoms with E-state index >= 15 is 0 Å². The predicted molar refractivity (Wildman–Crippen MR) is 82.7 cm³/mol. The number of benzene rings is 2. The Morgan fingerprint density at radius 3 is 2.37 bits per heavy atom. The largest absolute Gasteiger partial charge is 0.490 e. The molecule has 0 spiro atoms. The zero-order chi connectivity index (χ0) is 13.2. The maximum atomic E-state index is 12.4. The molecule has 0 unspecified atom stereocenters. The Bertz CT molecular complexity index is 600. The van der Waals surface area contributed by atoms with E-state index in [1.165, 1.54) is 0 Å². The average Bonchev–Trinajstić information content (AvgIpc) is 3.23. The molecule has 3 heteroatoms. The minimum absolute atomic E-state index is 0.0583. The van der Waals surface area contributed by atoms with Crippen molar-refractivity contribution in [3.05, 3.63) is 63.2 Å². The lowest BCUT2D eigenvalue weighted by Gasteiger charge is -2.06. The first-order valence-electron chi connectivity index (χ1n) is 6.30. The van der Waals surface area contributed by atoms with E-state index in [-0.39, 0.29) is 5.78 Å². The van der Waals surface area contributed by atoms with Crippen LogP contribution in [0.4, 0.5) is 0 Å². The average molecular weight is 364 g/mol. The fourth-order valence-corrected chi connectivity index (χ4v) is 2.50. The molecule has 0 atom stereocenters. The third-order valence-corrected chi connectivity index (χ3v) is 4.00. The molecule has 0 radical (unpaired) electrons. The van der Waals surface area contributed by atoms with Crippen LogP contribution in [0.15, 0.2) is 48.5 Å². The molecule has 1 aliphatic rings. The first-order valence-corrected chi connectivity index (χ1v) is 7.38. The van der Waals surface area contributed by atoms with Gasteiger partial charge in [-0.25, -0.2) is 0 Å². The van der Waals surface area contributed by atoms with Crippen molar-refractivity contribution in [1.29, 1.82) is 0 Å². The normalized spacial score (nSPS) is 14.2. The lowest BCUT2D eigenvalue weighted by molar-refractivity contribution is 0.103. The summed E-state index contributed by atoms with van der Waals surface area (Å²) in [6.45, 7) is 0. The lowest BCUT2D eigenvalue weighted by Crippen LogP contribution is -2.03. The van der Waals surface area contributed by atoms with Crippen molar-refractivity contribution in [3.63, 3.8) is 0 Å². The van der Waals surface area contributed by atoms with Crippen molar-refractivity contribution in [2.45, 2.75) is 18.9 Å². The lowest BCUT2D eigenvalue weighted by atomic mass is 10.0. The maximum absolute atomic E-state index is 12.4. The van der Waals surface area contributed by atoms with Crippen LogP contribution in [0.3, 0.4) is 0 Å². The van der Waals surface area contributed by atoms with Gasteiger partial charge in [0.2, 0.25) is 0 Å². The van der Waals surface area contributed by atoms with Gasteiger partial charge in [-0.3, -0.25) is 4.79 Å². The summed E-state index contributed by atoms with van der Waals surface area (Å²) in [6, 6.07) is 15.1. The van der Waals surface area contributed by atoms with Crippen LogP contribution in [0.5, 0.6) is 5.75 Å². The smallest absolute Gasteiger partial charge is 0.194 e. The van der Waals surface area contributed by atoms with Gasteiger partial charge in [-0.15, -0.1) is 0 Å². The predicted octanol–water partition coefficient (Wildman–Crippen LogP) is 4.06. The van der Waals surface area contributed by atoms with Gasteiger partial charge in [-0.05, 0) is 71.8 Å². The zero-order valence-corrected chi connectivity index (χ0v) is 12.5. The van der Waals surface area contributed by atoms with Gasteiger partial charge in [0.05, 0.1) is 6.10 Å². The third kappa shape index (κ3) is 2.97. The molecule has 2 nitrogen and oxygen atoms in total. The molecular weight excluding hydrogens is 351 g/mol. The zero-order valence-electron chi connectivity index (χ0n) is 10.3. The van der Waals surface area contributed by atoms with Gasteiger partial charge in [0.1, 0.15) is 5.75 Å². The SMILES string of the molecule is O=C(c1ccc(OC2CC2)cc1)c1ccccc1I. The molecule has 0 saturated heterocycles. The van der Waals surface area contributed by atoms with Crippen molar-refractivity contribution < 1.29 is 9.53 Å². The van der Waals surface area contributed by atoms with Crippen LogP contribution in [-0.2, 0) is 0 Å². The van der Waals surface area contributed by atoms with Crippen LogP contribution in [0.2, 0.25) is 0 Å². The highest BCUT2D eigenvalue weighted by Crippen LogP contribution is 2.27. The van der Waals surface area contributed by atoms with Crippen molar-refractivity contribution in [2.24, 2.45) is 0 Å². The number of halogens is 1. The Morgan fingerprint density at radius 1 is 1.05 bits per heavy atom. The van der Waals surface area contributed by atoms with Crippen molar-refractivity contribution >= 4 is 28.4 Å². The second-order valence-electron chi connectivity index (χ2n) is 4.65. The van der Waals surface area contributed by atoms with Crippen molar-refractivity contribution in [3.8, 4) is 5.75 Å². The summed E-state index contributed by atoms with van der Waals surface area (Å²) in [6.07, 6.45) is 2.67. The summed E-state index contributed by atoms with van der Waals surface area (Å²) < 4.78 is 6.65. The topological polar surface area (TPSA) is 26.3 Å². The van der Waals surface area contributed by atoms with E-state index in [9.17, 15) is 4.79 Å². The number of ketones is 1. The van der Waals surface area contributed by atoms with Crippen molar-refractivity contribution in [2.75, 3.05) is 0 Å². The van der Waals surface area contributed by atoms with Gasteiger partial charge in [0.25, 0.3) is 0 Å². The molecule has 19 heavy (non-hydrogen) atoms. The molecule has 0 bridgehead atoms. The van der Waals surface area contributed by atoms with E-state index in [4.69, 9.17) is 4.74 Å². The number of ether oxygens (including phenoxy) is 1. The molecule has 96 valence electrons. The molecule has 0 heterocycles. The van der Waals surface area contributed by atoms with Gasteiger partial charge >= 0.3 is 0 Å². The fraction of sp³-hybridized carbons (Fsp3) is 0.188. The summed E-state index contributed by atoms with van der Waals surface area (Å²) in [5.74, 6) is 0.907. The second kappa shape index (κ2) is 5.33. The first kappa shape index (κ1) is 12.7. The maximum Gasteiger partial charge on any atom is 0.194 e. The molecule has 1 saturated carbocycles. The highest BCUT2D eigenvalue weighted by molar-refractivity contribution is 14.1. The van der Waals surface area contributed by atoms with E-state index in [2.05, 4.69) is 22.6 Å². The van der Waals surface area contributed by atoms with Crippen LogP contribution in [-0.4, -0.2) is 11.9 Å². The molecule has 0 amide bonds. The third-order valence-electron chi connectivity index (χ3n) is 3.06. The summed E-state index contributed by atoms with van der Waals surface area (Å²) in [7, 11) is 0. The van der Waals surface area contributed by atoms with Crippen LogP contribution in [0, 0.1) is 3.57 Å². The van der Waals surface area contributed by atoms with Gasteiger partial charge in [-0.2, -0.15) is 0 Å². The number of hydrogen-bond acceptors (Lipinski definition) is 2. The molecule has 3 rings (SSSR count). The summed E-state index contributed by atoms with van der Waals surface area (Å²) in [4.78, 5) is 12.4.